The maximum atomic E-state index is 12.5. The summed E-state index contributed by atoms with van der Waals surface area (Å²) in [7, 11) is 0. The van der Waals surface area contributed by atoms with Crippen LogP contribution in [0.3, 0.4) is 0 Å². The number of aromatic nitrogens is 1. The Morgan fingerprint density at radius 1 is 1.15 bits per heavy atom. The molecule has 0 aliphatic carbocycles. The Morgan fingerprint density at radius 3 is 2.70 bits per heavy atom. The van der Waals surface area contributed by atoms with Gasteiger partial charge in [-0.25, -0.2) is 0 Å². The summed E-state index contributed by atoms with van der Waals surface area (Å²) in [5.41, 5.74) is 4.03. The number of amides is 1. The van der Waals surface area contributed by atoms with Crippen LogP contribution in [0, 0.1) is 0 Å². The highest BCUT2D eigenvalue weighted by Crippen LogP contribution is 2.20. The molecule has 1 amide bonds. The van der Waals surface area contributed by atoms with Crippen LogP contribution < -0.4 is 5.32 Å². The number of fused-ring (bicyclic) bond motifs is 1. The first-order valence-corrected chi connectivity index (χ1v) is 9.31. The van der Waals surface area contributed by atoms with Crippen molar-refractivity contribution >= 4 is 5.91 Å². The van der Waals surface area contributed by atoms with Crippen molar-refractivity contribution in [2.24, 2.45) is 0 Å². The van der Waals surface area contributed by atoms with Crippen molar-refractivity contribution in [2.45, 2.75) is 25.9 Å². The fraction of sp³-hybridized carbons (Fsp3) is 0.273. The molecule has 0 saturated carbocycles. The molecule has 5 heteroatoms. The highest BCUT2D eigenvalue weighted by Gasteiger charge is 2.20. The number of hydrogen-bond donors (Lipinski definition) is 1. The molecule has 5 nitrogen and oxygen atoms in total. The molecule has 2 heterocycles. The van der Waals surface area contributed by atoms with Crippen LogP contribution in [0.15, 0.2) is 65.2 Å². The SMILES string of the molecule is C[C@@H](CN1CCc2ccccc2C1)NC(=O)c1cc(-c2ccccc2)on1. The van der Waals surface area contributed by atoms with E-state index < -0.39 is 0 Å². The molecule has 4 rings (SSSR count). The topological polar surface area (TPSA) is 58.4 Å². The molecular formula is C22H23N3O2. The second-order valence-electron chi connectivity index (χ2n) is 7.07. The van der Waals surface area contributed by atoms with Crippen molar-refractivity contribution in [3.8, 4) is 11.3 Å². The molecule has 1 atom stereocenters. The van der Waals surface area contributed by atoms with Crippen LogP contribution in [0.25, 0.3) is 11.3 Å². The largest absolute Gasteiger partial charge is 0.355 e. The normalized spacial score (nSPS) is 15.1. The minimum atomic E-state index is -0.203. The molecule has 1 N–H and O–H groups in total. The van der Waals surface area contributed by atoms with Gasteiger partial charge in [0, 0.05) is 37.3 Å². The number of benzene rings is 2. The summed E-state index contributed by atoms with van der Waals surface area (Å²) < 4.78 is 5.32. The zero-order valence-corrected chi connectivity index (χ0v) is 15.4. The van der Waals surface area contributed by atoms with E-state index in [1.165, 1.54) is 11.1 Å². The Balaban J connectivity index is 1.34. The molecule has 138 valence electrons. The predicted molar refractivity (Wildman–Crippen MR) is 104 cm³/mol. The van der Waals surface area contributed by atoms with Gasteiger partial charge in [-0.1, -0.05) is 59.8 Å². The lowest BCUT2D eigenvalue weighted by Crippen LogP contribution is -2.43. The van der Waals surface area contributed by atoms with Crippen LogP contribution >= 0.6 is 0 Å². The number of hydrogen-bond acceptors (Lipinski definition) is 4. The van der Waals surface area contributed by atoms with E-state index in [1.54, 1.807) is 6.07 Å². The van der Waals surface area contributed by atoms with Gasteiger partial charge in [0.05, 0.1) is 0 Å². The van der Waals surface area contributed by atoms with Gasteiger partial charge in [-0.2, -0.15) is 0 Å². The lowest BCUT2D eigenvalue weighted by molar-refractivity contribution is 0.0918. The average molecular weight is 361 g/mol. The molecule has 1 aromatic heterocycles. The van der Waals surface area contributed by atoms with Gasteiger partial charge in [0.1, 0.15) is 0 Å². The predicted octanol–water partition coefficient (Wildman–Crippen LogP) is 3.52. The molecule has 1 aliphatic rings. The van der Waals surface area contributed by atoms with Crippen LogP contribution in [-0.4, -0.2) is 35.1 Å². The van der Waals surface area contributed by atoms with Crippen molar-refractivity contribution in [1.82, 2.24) is 15.4 Å². The summed E-state index contributed by atoms with van der Waals surface area (Å²) in [6.45, 7) is 4.78. The summed E-state index contributed by atoms with van der Waals surface area (Å²) in [6, 6.07) is 19.9. The van der Waals surface area contributed by atoms with E-state index in [0.29, 0.717) is 11.5 Å². The first kappa shape index (κ1) is 17.5. The van der Waals surface area contributed by atoms with Gasteiger partial charge in [-0.05, 0) is 24.5 Å². The van der Waals surface area contributed by atoms with Gasteiger partial charge in [-0.3, -0.25) is 9.69 Å². The van der Waals surface area contributed by atoms with Gasteiger partial charge in [-0.15, -0.1) is 0 Å². The maximum absolute atomic E-state index is 12.5. The summed E-state index contributed by atoms with van der Waals surface area (Å²) in [4.78, 5) is 14.9. The van der Waals surface area contributed by atoms with E-state index >= 15 is 0 Å². The number of nitrogens with one attached hydrogen (secondary N) is 1. The van der Waals surface area contributed by atoms with Crippen LogP contribution in [0.2, 0.25) is 0 Å². The van der Waals surface area contributed by atoms with E-state index in [1.807, 2.05) is 37.3 Å². The monoisotopic (exact) mass is 361 g/mol. The highest BCUT2D eigenvalue weighted by atomic mass is 16.5. The third-order valence-corrected chi connectivity index (χ3v) is 4.92. The molecule has 0 bridgehead atoms. The van der Waals surface area contributed by atoms with Gasteiger partial charge in [0.25, 0.3) is 5.91 Å². The fourth-order valence-electron chi connectivity index (χ4n) is 3.56. The lowest BCUT2D eigenvalue weighted by Gasteiger charge is -2.30. The fourth-order valence-corrected chi connectivity index (χ4v) is 3.56. The van der Waals surface area contributed by atoms with E-state index in [2.05, 4.69) is 39.6 Å². The van der Waals surface area contributed by atoms with Crippen molar-refractivity contribution < 1.29 is 9.32 Å². The second-order valence-corrected chi connectivity index (χ2v) is 7.07. The number of carbonyl (C=O) groups excluding carboxylic acids is 1. The van der Waals surface area contributed by atoms with Gasteiger partial charge < -0.3 is 9.84 Å². The van der Waals surface area contributed by atoms with Gasteiger partial charge in [0.15, 0.2) is 11.5 Å². The lowest BCUT2D eigenvalue weighted by atomic mass is 10.00. The molecule has 0 unspecified atom stereocenters. The van der Waals surface area contributed by atoms with Crippen LogP contribution in [-0.2, 0) is 13.0 Å². The Morgan fingerprint density at radius 2 is 1.89 bits per heavy atom. The summed E-state index contributed by atoms with van der Waals surface area (Å²) in [5, 5.41) is 6.95. The molecule has 0 spiro atoms. The Bertz CT molecular complexity index is 920. The number of nitrogens with zero attached hydrogens (tertiary/aromatic N) is 2. The highest BCUT2D eigenvalue weighted by molar-refractivity contribution is 5.93. The van der Waals surface area contributed by atoms with E-state index in [9.17, 15) is 4.79 Å². The molecule has 0 saturated heterocycles. The van der Waals surface area contributed by atoms with Crippen molar-refractivity contribution in [3.05, 3.63) is 77.5 Å². The molecule has 0 fully saturated rings. The third kappa shape index (κ3) is 4.09. The summed E-state index contributed by atoms with van der Waals surface area (Å²) in [6.07, 6.45) is 1.06. The molecule has 1 aliphatic heterocycles. The maximum Gasteiger partial charge on any atom is 0.273 e. The quantitative estimate of drug-likeness (QED) is 0.755. The van der Waals surface area contributed by atoms with E-state index in [0.717, 1.165) is 31.6 Å². The smallest absolute Gasteiger partial charge is 0.273 e. The van der Waals surface area contributed by atoms with Crippen molar-refractivity contribution in [2.75, 3.05) is 13.1 Å². The Labute approximate surface area is 159 Å². The van der Waals surface area contributed by atoms with Gasteiger partial charge >= 0.3 is 0 Å². The van der Waals surface area contributed by atoms with Crippen LogP contribution in [0.4, 0.5) is 0 Å². The molecule has 0 radical (unpaired) electrons. The molecular weight excluding hydrogens is 338 g/mol. The summed E-state index contributed by atoms with van der Waals surface area (Å²) >= 11 is 0. The Hall–Kier alpha value is -2.92. The standard InChI is InChI=1S/C22H23N3O2/c1-16(14-25-12-11-17-7-5-6-10-19(17)15-25)23-22(26)20-13-21(27-24-20)18-8-3-2-4-9-18/h2-10,13,16H,11-12,14-15H2,1H3,(H,23,26)/t16-/m0/s1. The van der Waals surface area contributed by atoms with Crippen molar-refractivity contribution in [3.63, 3.8) is 0 Å². The first-order valence-electron chi connectivity index (χ1n) is 9.31. The second kappa shape index (κ2) is 7.76. The van der Waals surface area contributed by atoms with E-state index in [-0.39, 0.29) is 11.9 Å². The molecule has 3 aromatic rings. The average Bonchev–Trinajstić information content (AvgIpc) is 3.19. The molecule has 27 heavy (non-hydrogen) atoms. The minimum Gasteiger partial charge on any atom is -0.355 e. The number of rotatable bonds is 5. The van der Waals surface area contributed by atoms with E-state index in [4.69, 9.17) is 4.52 Å². The minimum absolute atomic E-state index is 0.0274. The van der Waals surface area contributed by atoms with Gasteiger partial charge in [0.2, 0.25) is 0 Å². The zero-order chi connectivity index (χ0) is 18.6. The summed E-state index contributed by atoms with van der Waals surface area (Å²) in [5.74, 6) is 0.395. The zero-order valence-electron chi connectivity index (χ0n) is 15.4. The van der Waals surface area contributed by atoms with Crippen molar-refractivity contribution in [1.29, 1.82) is 0 Å². The third-order valence-electron chi connectivity index (χ3n) is 4.92. The first-order chi connectivity index (χ1) is 13.2. The van der Waals surface area contributed by atoms with Crippen LogP contribution in [0.1, 0.15) is 28.5 Å². The number of carbonyl (C=O) groups is 1. The van der Waals surface area contributed by atoms with Crippen LogP contribution in [0.5, 0.6) is 0 Å². The Kier molecular flexibility index (Phi) is 5.03. The molecule has 2 aromatic carbocycles.